The fourth-order valence-electron chi connectivity index (χ4n) is 0.920. The number of anilines is 1. The molecule has 1 aromatic heterocycles. The highest BCUT2D eigenvalue weighted by atomic mass is 19.3. The summed E-state index contributed by atoms with van der Waals surface area (Å²) in [4.78, 5) is 3.68. The van der Waals surface area contributed by atoms with Crippen LogP contribution >= 0.6 is 0 Å². The Bertz CT molecular complexity index is 271. The minimum Gasteiger partial charge on any atom is -0.399 e. The number of nitrogen functional groups attached to an aromatic ring is 1. The zero-order valence-corrected chi connectivity index (χ0v) is 6.94. The highest BCUT2D eigenvalue weighted by molar-refractivity contribution is 5.40. The fourth-order valence-corrected chi connectivity index (χ4v) is 0.920. The largest absolute Gasteiger partial charge is 0.399 e. The Morgan fingerprint density at radius 1 is 1.42 bits per heavy atom. The third-order valence-electron chi connectivity index (χ3n) is 1.43. The van der Waals surface area contributed by atoms with E-state index in [2.05, 4.69) is 4.98 Å². The van der Waals surface area contributed by atoms with Gasteiger partial charge in [-0.3, -0.25) is 4.98 Å². The Morgan fingerprint density at radius 2 is 2.00 bits per heavy atom. The number of nitrogens with two attached hydrogens (primary N) is 1. The van der Waals surface area contributed by atoms with Gasteiger partial charge in [-0.05, 0) is 19.1 Å². The number of pyridine rings is 1. The molecule has 0 saturated carbocycles. The lowest BCUT2D eigenvalue weighted by Crippen LogP contribution is -2.11. The van der Waals surface area contributed by atoms with E-state index in [4.69, 9.17) is 5.73 Å². The topological polar surface area (TPSA) is 38.9 Å². The molecule has 0 amide bonds. The number of hydrogen-bond donors (Lipinski definition) is 1. The smallest absolute Gasteiger partial charge is 0.287 e. The summed E-state index contributed by atoms with van der Waals surface area (Å²) in [6.07, 6.45) is 0. The van der Waals surface area contributed by atoms with Crippen LogP contribution in [0.25, 0.3) is 0 Å². The van der Waals surface area contributed by atoms with E-state index in [0.717, 1.165) is 6.92 Å². The van der Waals surface area contributed by atoms with Gasteiger partial charge in [0.05, 0.1) is 0 Å². The Balaban J connectivity index is 3.18. The maximum Gasteiger partial charge on any atom is 0.287 e. The summed E-state index contributed by atoms with van der Waals surface area (Å²) in [5.74, 6) is -2.92. The number of halogens is 2. The van der Waals surface area contributed by atoms with E-state index in [9.17, 15) is 8.78 Å². The van der Waals surface area contributed by atoms with Crippen molar-refractivity contribution < 1.29 is 8.78 Å². The van der Waals surface area contributed by atoms with Crippen molar-refractivity contribution in [2.75, 3.05) is 5.73 Å². The van der Waals surface area contributed by atoms with Crippen LogP contribution in [0.2, 0.25) is 0 Å². The summed E-state index contributed by atoms with van der Waals surface area (Å²) >= 11 is 0. The number of nitrogens with zero attached hydrogens (tertiary/aromatic N) is 1. The molecule has 0 saturated heterocycles. The van der Waals surface area contributed by atoms with Gasteiger partial charge < -0.3 is 5.73 Å². The van der Waals surface area contributed by atoms with E-state index in [1.807, 2.05) is 0 Å². The van der Waals surface area contributed by atoms with E-state index in [1.165, 1.54) is 6.07 Å². The van der Waals surface area contributed by atoms with E-state index >= 15 is 0 Å². The van der Waals surface area contributed by atoms with Crippen molar-refractivity contribution in [1.82, 2.24) is 4.98 Å². The monoisotopic (exact) mass is 172 g/mol. The normalized spacial score (nSPS) is 11.7. The SMILES string of the molecule is Cc1cc(N)cc(C(C)(F)F)n1. The molecule has 0 aliphatic carbocycles. The van der Waals surface area contributed by atoms with Gasteiger partial charge in [0.2, 0.25) is 0 Å². The predicted octanol–water partition coefficient (Wildman–Crippen LogP) is 2.08. The molecule has 0 unspecified atom stereocenters. The zero-order valence-electron chi connectivity index (χ0n) is 6.94. The van der Waals surface area contributed by atoms with Gasteiger partial charge in [-0.25, -0.2) is 0 Å². The molecule has 0 bridgehead atoms. The van der Waals surface area contributed by atoms with Crippen molar-refractivity contribution in [2.24, 2.45) is 0 Å². The molecule has 0 radical (unpaired) electrons. The first kappa shape index (κ1) is 8.90. The summed E-state index contributed by atoms with van der Waals surface area (Å²) in [5.41, 5.74) is 5.93. The standard InChI is InChI=1S/C8H10F2N2/c1-5-3-6(11)4-7(12-5)8(2,9)10/h3-4H,1-2H3,(H2,11,12). The molecule has 2 nitrogen and oxygen atoms in total. The molecule has 4 heteroatoms. The minimum atomic E-state index is -2.92. The Labute approximate surface area is 69.4 Å². The van der Waals surface area contributed by atoms with Crippen molar-refractivity contribution >= 4 is 5.69 Å². The van der Waals surface area contributed by atoms with E-state index in [0.29, 0.717) is 11.4 Å². The minimum absolute atomic E-state index is 0.278. The van der Waals surface area contributed by atoms with Crippen molar-refractivity contribution in [3.05, 3.63) is 23.5 Å². The number of rotatable bonds is 1. The summed E-state index contributed by atoms with van der Waals surface area (Å²) < 4.78 is 25.4. The molecule has 0 aliphatic heterocycles. The lowest BCUT2D eigenvalue weighted by Gasteiger charge is -2.10. The third-order valence-corrected chi connectivity index (χ3v) is 1.43. The molecule has 1 aromatic rings. The first-order chi connectivity index (χ1) is 5.39. The van der Waals surface area contributed by atoms with Gasteiger partial charge in [-0.15, -0.1) is 0 Å². The highest BCUT2D eigenvalue weighted by Gasteiger charge is 2.26. The molecule has 0 spiro atoms. The van der Waals surface area contributed by atoms with Gasteiger partial charge in [0.25, 0.3) is 5.92 Å². The third kappa shape index (κ3) is 1.90. The first-order valence-electron chi connectivity index (χ1n) is 3.52. The molecule has 1 heterocycles. The Hall–Kier alpha value is -1.19. The molecule has 1 rings (SSSR count). The van der Waals surface area contributed by atoms with Crippen LogP contribution < -0.4 is 5.73 Å². The first-order valence-corrected chi connectivity index (χ1v) is 3.52. The number of aryl methyl sites for hydroxylation is 1. The summed E-state index contributed by atoms with van der Waals surface area (Å²) in [6, 6.07) is 2.74. The number of alkyl halides is 2. The maximum atomic E-state index is 12.7. The highest BCUT2D eigenvalue weighted by Crippen LogP contribution is 2.26. The van der Waals surface area contributed by atoms with Gasteiger partial charge in [0.15, 0.2) is 0 Å². The number of hydrogen-bond acceptors (Lipinski definition) is 2. The molecule has 12 heavy (non-hydrogen) atoms. The number of aromatic nitrogens is 1. The molecule has 0 aromatic carbocycles. The molecule has 66 valence electrons. The lowest BCUT2D eigenvalue weighted by molar-refractivity contribution is 0.0127. The maximum absolute atomic E-state index is 12.7. The van der Waals surface area contributed by atoms with Gasteiger partial charge in [0.1, 0.15) is 5.69 Å². The Morgan fingerprint density at radius 3 is 2.42 bits per heavy atom. The van der Waals surface area contributed by atoms with Crippen LogP contribution in [0, 0.1) is 6.92 Å². The van der Waals surface area contributed by atoms with Crippen molar-refractivity contribution in [3.63, 3.8) is 0 Å². The lowest BCUT2D eigenvalue weighted by atomic mass is 10.2. The summed E-state index contributed by atoms with van der Waals surface area (Å²) in [5, 5.41) is 0. The van der Waals surface area contributed by atoms with Crippen molar-refractivity contribution in [1.29, 1.82) is 0 Å². The zero-order chi connectivity index (χ0) is 9.35. The molecule has 0 fully saturated rings. The van der Waals surface area contributed by atoms with Gasteiger partial charge in [0, 0.05) is 18.3 Å². The predicted molar refractivity (Wildman–Crippen MR) is 43.0 cm³/mol. The quantitative estimate of drug-likeness (QED) is 0.704. The van der Waals surface area contributed by atoms with E-state index in [-0.39, 0.29) is 5.69 Å². The van der Waals surface area contributed by atoms with Crippen LogP contribution in [-0.4, -0.2) is 4.98 Å². The van der Waals surface area contributed by atoms with Gasteiger partial charge in [-0.1, -0.05) is 0 Å². The van der Waals surface area contributed by atoms with Crippen LogP contribution in [0.5, 0.6) is 0 Å². The van der Waals surface area contributed by atoms with Crippen molar-refractivity contribution in [3.8, 4) is 0 Å². The molecular weight excluding hydrogens is 162 g/mol. The second-order valence-electron chi connectivity index (χ2n) is 2.82. The van der Waals surface area contributed by atoms with Crippen molar-refractivity contribution in [2.45, 2.75) is 19.8 Å². The summed E-state index contributed by atoms with van der Waals surface area (Å²) in [7, 11) is 0. The van der Waals surface area contributed by atoms with E-state index < -0.39 is 5.92 Å². The summed E-state index contributed by atoms with van der Waals surface area (Å²) in [6.45, 7) is 2.43. The molecule has 2 N–H and O–H groups in total. The van der Waals surface area contributed by atoms with Crippen LogP contribution in [0.15, 0.2) is 12.1 Å². The van der Waals surface area contributed by atoms with Crippen LogP contribution in [-0.2, 0) is 5.92 Å². The van der Waals surface area contributed by atoms with E-state index in [1.54, 1.807) is 13.0 Å². The second kappa shape index (κ2) is 2.69. The Kier molecular flexibility index (Phi) is 2.00. The van der Waals surface area contributed by atoms with Gasteiger partial charge >= 0.3 is 0 Å². The van der Waals surface area contributed by atoms with Crippen LogP contribution in [0.1, 0.15) is 18.3 Å². The average molecular weight is 172 g/mol. The van der Waals surface area contributed by atoms with Crippen LogP contribution in [0.4, 0.5) is 14.5 Å². The molecule has 0 aliphatic rings. The fraction of sp³-hybridized carbons (Fsp3) is 0.375. The second-order valence-corrected chi connectivity index (χ2v) is 2.82. The van der Waals surface area contributed by atoms with Crippen LogP contribution in [0.3, 0.4) is 0 Å². The molecular formula is C8H10F2N2. The average Bonchev–Trinajstić information content (AvgIpc) is 1.82. The van der Waals surface area contributed by atoms with Gasteiger partial charge in [-0.2, -0.15) is 8.78 Å². The molecule has 0 atom stereocenters.